The first-order valence-electron chi connectivity index (χ1n) is 5.63. The molecule has 0 saturated heterocycles. The van der Waals surface area contributed by atoms with Crippen molar-refractivity contribution in [2.45, 2.75) is 46.0 Å². The van der Waals surface area contributed by atoms with Crippen molar-refractivity contribution in [3.05, 3.63) is 0 Å². The second-order valence-electron chi connectivity index (χ2n) is 3.36. The molecule has 0 radical (unpaired) electrons. The molecule has 0 aromatic carbocycles. The quantitative estimate of drug-likeness (QED) is 0.494. The van der Waals surface area contributed by atoms with Gasteiger partial charge in [0.2, 0.25) is 5.91 Å². The maximum Gasteiger partial charge on any atom is 0.305 e. The molecule has 0 aliphatic rings. The molecular weight excluding hydrogens is 194 g/mol. The van der Waals surface area contributed by atoms with Crippen molar-refractivity contribution in [3.63, 3.8) is 0 Å². The van der Waals surface area contributed by atoms with E-state index in [0.717, 1.165) is 12.8 Å². The Morgan fingerprint density at radius 1 is 1.13 bits per heavy atom. The van der Waals surface area contributed by atoms with Gasteiger partial charge in [-0.3, -0.25) is 9.59 Å². The number of nitrogens with one attached hydrogen (secondary N) is 1. The number of rotatable bonds is 8. The summed E-state index contributed by atoms with van der Waals surface area (Å²) < 4.78 is 4.76. The van der Waals surface area contributed by atoms with Crippen LogP contribution < -0.4 is 5.32 Å². The van der Waals surface area contributed by atoms with E-state index in [2.05, 4.69) is 5.32 Å². The Bertz CT molecular complexity index is 192. The van der Waals surface area contributed by atoms with Gasteiger partial charge in [0.05, 0.1) is 6.61 Å². The lowest BCUT2D eigenvalue weighted by atomic mass is 10.2. The lowest BCUT2D eigenvalue weighted by Gasteiger charge is -2.04. The fourth-order valence-corrected chi connectivity index (χ4v) is 1.12. The highest BCUT2D eigenvalue weighted by Crippen LogP contribution is 1.94. The summed E-state index contributed by atoms with van der Waals surface area (Å²) in [5.41, 5.74) is 0. The molecule has 4 heteroatoms. The lowest BCUT2D eigenvalue weighted by molar-refractivity contribution is -0.143. The number of ether oxygens (including phenoxy) is 1. The Morgan fingerprint density at radius 3 is 2.47 bits per heavy atom. The van der Waals surface area contributed by atoms with Crippen LogP contribution in [0, 0.1) is 0 Å². The molecule has 4 nitrogen and oxygen atoms in total. The number of esters is 1. The van der Waals surface area contributed by atoms with Gasteiger partial charge in [0, 0.05) is 19.4 Å². The highest BCUT2D eigenvalue weighted by atomic mass is 16.5. The molecule has 0 spiro atoms. The summed E-state index contributed by atoms with van der Waals surface area (Å²) >= 11 is 0. The fraction of sp³-hybridized carbons (Fsp3) is 0.818. The zero-order valence-corrected chi connectivity index (χ0v) is 9.67. The van der Waals surface area contributed by atoms with Crippen LogP contribution in [-0.2, 0) is 14.3 Å². The molecular formula is C11H21NO3. The zero-order chi connectivity index (χ0) is 11.5. The maximum atomic E-state index is 11.1. The molecule has 0 aromatic heterocycles. The van der Waals surface area contributed by atoms with Gasteiger partial charge in [-0.15, -0.1) is 0 Å². The number of hydrogen-bond donors (Lipinski definition) is 1. The van der Waals surface area contributed by atoms with Crippen molar-refractivity contribution >= 4 is 11.9 Å². The van der Waals surface area contributed by atoms with E-state index in [4.69, 9.17) is 4.74 Å². The van der Waals surface area contributed by atoms with Crippen molar-refractivity contribution in [3.8, 4) is 0 Å². The second kappa shape index (κ2) is 9.49. The molecule has 0 saturated carbocycles. The van der Waals surface area contributed by atoms with Crippen molar-refractivity contribution < 1.29 is 14.3 Å². The van der Waals surface area contributed by atoms with Gasteiger partial charge in [-0.1, -0.05) is 13.3 Å². The van der Waals surface area contributed by atoms with E-state index < -0.39 is 0 Å². The Morgan fingerprint density at radius 2 is 1.87 bits per heavy atom. The summed E-state index contributed by atoms with van der Waals surface area (Å²) in [7, 11) is 0. The van der Waals surface area contributed by atoms with Gasteiger partial charge < -0.3 is 10.1 Å². The third kappa shape index (κ3) is 9.25. The minimum atomic E-state index is -0.194. The van der Waals surface area contributed by atoms with Crippen LogP contribution in [0.1, 0.15) is 46.0 Å². The largest absolute Gasteiger partial charge is 0.466 e. The highest BCUT2D eigenvalue weighted by molar-refractivity contribution is 5.75. The number of amides is 1. The summed E-state index contributed by atoms with van der Waals surface area (Å²) in [5, 5.41) is 2.77. The summed E-state index contributed by atoms with van der Waals surface area (Å²) in [6.45, 7) is 4.81. The molecule has 0 aliphatic carbocycles. The van der Waals surface area contributed by atoms with Crippen molar-refractivity contribution in [1.29, 1.82) is 0 Å². The summed E-state index contributed by atoms with van der Waals surface area (Å²) in [5.74, 6) is -0.124. The van der Waals surface area contributed by atoms with E-state index >= 15 is 0 Å². The minimum Gasteiger partial charge on any atom is -0.466 e. The van der Waals surface area contributed by atoms with Gasteiger partial charge >= 0.3 is 5.97 Å². The molecule has 0 atom stereocenters. The van der Waals surface area contributed by atoms with E-state index in [0.29, 0.717) is 32.4 Å². The summed E-state index contributed by atoms with van der Waals surface area (Å²) in [4.78, 5) is 22.1. The van der Waals surface area contributed by atoms with Crippen LogP contribution >= 0.6 is 0 Å². The molecule has 0 unspecified atom stereocenters. The molecule has 0 fully saturated rings. The first-order valence-corrected chi connectivity index (χ1v) is 5.63. The van der Waals surface area contributed by atoms with Gasteiger partial charge in [0.25, 0.3) is 0 Å². The minimum absolute atomic E-state index is 0.0701. The van der Waals surface area contributed by atoms with E-state index in [1.54, 1.807) is 6.92 Å². The van der Waals surface area contributed by atoms with E-state index in [1.807, 2.05) is 6.92 Å². The SMILES string of the molecule is CCCCC(=O)NCCCC(=O)OCC. The van der Waals surface area contributed by atoms with E-state index in [1.165, 1.54) is 0 Å². The number of unbranched alkanes of at least 4 members (excludes halogenated alkanes) is 1. The van der Waals surface area contributed by atoms with Crippen LogP contribution in [0.4, 0.5) is 0 Å². The lowest BCUT2D eigenvalue weighted by Crippen LogP contribution is -2.24. The highest BCUT2D eigenvalue weighted by Gasteiger charge is 2.02. The van der Waals surface area contributed by atoms with Gasteiger partial charge in [-0.25, -0.2) is 0 Å². The van der Waals surface area contributed by atoms with Crippen LogP contribution in [0.15, 0.2) is 0 Å². The Kier molecular flexibility index (Phi) is 8.82. The third-order valence-corrected chi connectivity index (χ3v) is 1.94. The van der Waals surface area contributed by atoms with E-state index in [9.17, 15) is 9.59 Å². The van der Waals surface area contributed by atoms with Gasteiger partial charge in [0.15, 0.2) is 0 Å². The zero-order valence-electron chi connectivity index (χ0n) is 9.67. The molecule has 1 N–H and O–H groups in total. The van der Waals surface area contributed by atoms with Crippen molar-refractivity contribution in [2.24, 2.45) is 0 Å². The summed E-state index contributed by atoms with van der Waals surface area (Å²) in [6.07, 6.45) is 3.55. The Balaban J connectivity index is 3.30. The number of hydrogen-bond acceptors (Lipinski definition) is 3. The predicted molar refractivity (Wildman–Crippen MR) is 58.4 cm³/mol. The maximum absolute atomic E-state index is 11.1. The Labute approximate surface area is 91.4 Å². The average molecular weight is 215 g/mol. The summed E-state index contributed by atoms with van der Waals surface area (Å²) in [6, 6.07) is 0. The molecule has 0 heterocycles. The molecule has 88 valence electrons. The molecule has 0 rings (SSSR count). The van der Waals surface area contributed by atoms with Crippen LogP contribution in [0.5, 0.6) is 0 Å². The molecule has 0 aromatic rings. The molecule has 1 amide bonds. The van der Waals surface area contributed by atoms with Crippen LogP contribution in [0.3, 0.4) is 0 Å². The van der Waals surface area contributed by atoms with Crippen LogP contribution in [0.2, 0.25) is 0 Å². The number of carbonyl (C=O) groups is 2. The fourth-order valence-electron chi connectivity index (χ4n) is 1.12. The number of carbonyl (C=O) groups excluding carboxylic acids is 2. The first-order chi connectivity index (χ1) is 7.20. The first kappa shape index (κ1) is 13.9. The molecule has 0 bridgehead atoms. The topological polar surface area (TPSA) is 55.4 Å². The predicted octanol–water partition coefficient (Wildman–Crippen LogP) is 1.64. The van der Waals surface area contributed by atoms with Crippen molar-refractivity contribution in [2.75, 3.05) is 13.2 Å². The smallest absolute Gasteiger partial charge is 0.305 e. The third-order valence-electron chi connectivity index (χ3n) is 1.94. The molecule has 0 aliphatic heterocycles. The van der Waals surface area contributed by atoms with Crippen LogP contribution in [-0.4, -0.2) is 25.0 Å². The van der Waals surface area contributed by atoms with Crippen LogP contribution in [0.25, 0.3) is 0 Å². The average Bonchev–Trinajstić information content (AvgIpc) is 2.22. The standard InChI is InChI=1S/C11H21NO3/c1-3-5-7-10(13)12-9-6-8-11(14)15-4-2/h3-9H2,1-2H3,(H,12,13). The van der Waals surface area contributed by atoms with Gasteiger partial charge in [0.1, 0.15) is 0 Å². The van der Waals surface area contributed by atoms with Gasteiger partial charge in [-0.2, -0.15) is 0 Å². The Hall–Kier alpha value is -1.06. The second-order valence-corrected chi connectivity index (χ2v) is 3.36. The van der Waals surface area contributed by atoms with Crippen molar-refractivity contribution in [1.82, 2.24) is 5.32 Å². The monoisotopic (exact) mass is 215 g/mol. The normalized spacial score (nSPS) is 9.73. The molecule has 15 heavy (non-hydrogen) atoms. The van der Waals surface area contributed by atoms with Gasteiger partial charge in [-0.05, 0) is 19.8 Å². The van der Waals surface area contributed by atoms with E-state index in [-0.39, 0.29) is 11.9 Å².